The highest BCUT2D eigenvalue weighted by Gasteiger charge is 2.03. The van der Waals surface area contributed by atoms with Gasteiger partial charge in [0.15, 0.2) is 0 Å². The maximum Gasteiger partial charge on any atom is 0.0405 e. The molecule has 0 N–H and O–H groups in total. The van der Waals surface area contributed by atoms with Crippen LogP contribution in [0.15, 0.2) is 146 Å². The molecular weight excluding hydrogens is 1470 g/mol. The van der Waals surface area contributed by atoms with Gasteiger partial charge in [0.25, 0.3) is 0 Å². The number of nitrogens with zero attached hydrogens (tertiary/aromatic N) is 8. The molecule has 8 nitrogen and oxygen atoms in total. The third kappa shape index (κ3) is 42.6. The lowest BCUT2D eigenvalue weighted by Crippen LogP contribution is -1.92. The number of hydrogen-bond donors (Lipinski definition) is 0. The van der Waals surface area contributed by atoms with Crippen molar-refractivity contribution in [3.05, 3.63) is 379 Å². The summed E-state index contributed by atoms with van der Waals surface area (Å²) in [6.07, 6.45) is 7.60. The number of aromatic nitrogens is 8. The van der Waals surface area contributed by atoms with Gasteiger partial charge in [0, 0.05) is 113 Å². The van der Waals surface area contributed by atoms with E-state index in [0.29, 0.717) is 0 Å². The fourth-order valence-corrected chi connectivity index (χ4v) is 12.8. The normalized spacial score (nSPS) is 9.78. The van der Waals surface area contributed by atoms with E-state index < -0.39 is 0 Å². The Morgan fingerprint density at radius 3 is 0.576 bits per heavy atom. The maximum atomic E-state index is 4.37. The first-order valence-electron chi connectivity index (χ1n) is 41.3. The average Bonchev–Trinajstić information content (AvgIpc) is 1.11. The van der Waals surface area contributed by atoms with Gasteiger partial charge in [-0.25, -0.2) is 0 Å². The largest absolute Gasteiger partial charge is 0.261 e. The lowest BCUT2D eigenvalue weighted by atomic mass is 10.0. The zero-order valence-corrected chi connectivity index (χ0v) is 82.9. The average molecular weight is 1620 g/mol. The van der Waals surface area contributed by atoms with Crippen LogP contribution in [0.25, 0.3) is 0 Å². The monoisotopic (exact) mass is 1620 g/mol. The predicted octanol–water partition coefficient (Wildman–Crippen LogP) is 30.2. The van der Waals surface area contributed by atoms with Gasteiger partial charge in [-0.3, -0.25) is 39.9 Å². The van der Waals surface area contributed by atoms with E-state index in [4.69, 9.17) is 0 Å². The second-order valence-corrected chi connectivity index (χ2v) is 35.3. The lowest BCUT2D eigenvalue weighted by molar-refractivity contribution is 1.06. The quantitative estimate of drug-likeness (QED) is 0.148. The highest BCUT2D eigenvalue weighted by molar-refractivity contribution is 7.12. The summed E-state index contributed by atoms with van der Waals surface area (Å²) in [5.41, 5.74) is 47.9. The first-order chi connectivity index (χ1) is 54.8. The van der Waals surface area contributed by atoms with E-state index in [-0.39, 0.29) is 0 Å². The van der Waals surface area contributed by atoms with Crippen molar-refractivity contribution in [2.45, 2.75) is 291 Å². The smallest absolute Gasteiger partial charge is 0.0405 e. The SMILES string of the molecule is Cc1cc(C)c(C)cc1C.Cc1cc(C)c(C)cn1.Cc1cc(C)c(C)cn1.Cc1cc(C)c(C)nc1C.Cc1cc(C)c(C)nc1C.Cc1cc(C)c(C)s1.Cc1cc(C)c(C)s1.Cc1ccc(C)c(C)c1.Cc1ccc(C)c(C)c1.Cc1ccc(C)c(C)n1.Cc1ccc(C)c(C)n1.Cc1cnc(C)c(C)c1.Cc1cnc(C)c(C)c1. The number of rotatable bonds is 0. The minimum Gasteiger partial charge on any atom is -0.261 e. The van der Waals surface area contributed by atoms with Crippen LogP contribution in [0, 0.1) is 291 Å². The van der Waals surface area contributed by atoms with Crippen LogP contribution in [0.4, 0.5) is 0 Å². The molecule has 0 aliphatic rings. The molecule has 0 aliphatic carbocycles. The zero-order chi connectivity index (χ0) is 90.3. The molecule has 118 heavy (non-hydrogen) atoms. The lowest BCUT2D eigenvalue weighted by Gasteiger charge is -2.04. The van der Waals surface area contributed by atoms with Crippen LogP contribution in [-0.2, 0) is 0 Å². The summed E-state index contributed by atoms with van der Waals surface area (Å²) < 4.78 is 0. The van der Waals surface area contributed by atoms with E-state index in [9.17, 15) is 0 Å². The third-order valence-corrected chi connectivity index (χ3v) is 22.9. The Labute approximate surface area is 727 Å². The van der Waals surface area contributed by atoms with E-state index in [0.717, 1.165) is 68.3 Å². The number of aryl methyl sites for hydroxylation is 42. The molecule has 0 fully saturated rings. The van der Waals surface area contributed by atoms with Crippen molar-refractivity contribution in [1.82, 2.24) is 39.9 Å². The van der Waals surface area contributed by atoms with Crippen LogP contribution in [0.5, 0.6) is 0 Å². The molecule has 0 spiro atoms. The molecule has 634 valence electrons. The minimum absolute atomic E-state index is 1.10. The predicted molar refractivity (Wildman–Crippen MR) is 521 cm³/mol. The van der Waals surface area contributed by atoms with E-state index in [1.54, 1.807) is 0 Å². The van der Waals surface area contributed by atoms with Gasteiger partial charge in [0.1, 0.15) is 0 Å². The fourth-order valence-electron chi connectivity index (χ4n) is 10.9. The first-order valence-corrected chi connectivity index (χ1v) is 42.9. The Kier molecular flexibility index (Phi) is 48.3. The van der Waals surface area contributed by atoms with Crippen LogP contribution < -0.4 is 0 Å². The van der Waals surface area contributed by atoms with Crippen LogP contribution in [-0.4, -0.2) is 39.9 Å². The standard InChI is InChI=1S/C10H14.2C9H13N.2C9H12.6C8H11N.2C7H10S/c1-7-5-9(3)10(4)6-8(7)2;2*1-6-5-7(2)9(4)10-8(6)3;2*1-7-4-5-8(2)9(3)6-7;2*1-6-4-8(3)9-5-7(6)2;2*1-6-4-7(2)8(3)9-5-6;2*1-6-4-5-7(2)9-8(6)3;2*1-5-4-6(2)8-7(5)3/h5-6H,1-4H3;2*5H,1-4H3;2*4-6H,1-3H3;6*4-5H,1-3H3;2*4H,1-3H3. The Morgan fingerprint density at radius 1 is 0.153 bits per heavy atom. The number of pyridine rings is 8. The van der Waals surface area contributed by atoms with Crippen molar-refractivity contribution >= 4 is 22.7 Å². The summed E-state index contributed by atoms with van der Waals surface area (Å²) in [6.45, 7) is 87.7. The van der Waals surface area contributed by atoms with Crippen LogP contribution in [0.3, 0.4) is 0 Å². The van der Waals surface area contributed by atoms with Crippen molar-refractivity contribution in [2.24, 2.45) is 0 Å². The first kappa shape index (κ1) is 106. The Balaban J connectivity index is 0.000000639. The summed E-state index contributed by atoms with van der Waals surface area (Å²) in [4.78, 5) is 39.7. The Hall–Kier alpha value is -9.74. The highest BCUT2D eigenvalue weighted by Crippen LogP contribution is 2.21. The van der Waals surface area contributed by atoms with Gasteiger partial charge >= 0.3 is 0 Å². The minimum atomic E-state index is 1.10. The summed E-state index contributed by atoms with van der Waals surface area (Å²) in [6, 6.07) is 43.0. The molecule has 0 amide bonds. The second kappa shape index (κ2) is 53.6. The molecule has 0 unspecified atom stereocenters. The molecule has 13 aromatic rings. The zero-order valence-electron chi connectivity index (χ0n) is 81.3. The van der Waals surface area contributed by atoms with Crippen LogP contribution >= 0.6 is 22.7 Å². The molecule has 10 heterocycles. The molecular formula is C108H150N8S2. The van der Waals surface area contributed by atoms with E-state index in [1.165, 1.54) is 164 Å². The summed E-state index contributed by atoms with van der Waals surface area (Å²) in [7, 11) is 0. The molecule has 0 atom stereocenters. The van der Waals surface area contributed by atoms with E-state index >= 15 is 0 Å². The maximum absolute atomic E-state index is 4.37. The third-order valence-electron chi connectivity index (χ3n) is 20.8. The van der Waals surface area contributed by atoms with Gasteiger partial charge in [-0.15, -0.1) is 22.7 Å². The van der Waals surface area contributed by atoms with Crippen LogP contribution in [0.1, 0.15) is 232 Å². The van der Waals surface area contributed by atoms with E-state index in [1.807, 2.05) is 143 Å². The Morgan fingerprint density at radius 2 is 0.390 bits per heavy atom. The van der Waals surface area contributed by atoms with Crippen molar-refractivity contribution < 1.29 is 0 Å². The van der Waals surface area contributed by atoms with Crippen molar-refractivity contribution in [3.8, 4) is 0 Å². The van der Waals surface area contributed by atoms with Gasteiger partial charge in [-0.1, -0.05) is 96.1 Å². The summed E-state index contributed by atoms with van der Waals surface area (Å²) in [5.74, 6) is 0. The van der Waals surface area contributed by atoms with Crippen molar-refractivity contribution in [2.75, 3.05) is 0 Å². The van der Waals surface area contributed by atoms with Gasteiger partial charge in [-0.2, -0.15) is 0 Å². The second-order valence-electron chi connectivity index (χ2n) is 32.3. The van der Waals surface area contributed by atoms with Crippen LogP contribution in [0.2, 0.25) is 0 Å². The van der Waals surface area contributed by atoms with Crippen molar-refractivity contribution in [1.29, 1.82) is 0 Å². The number of thiophene rings is 2. The molecule has 3 aromatic carbocycles. The number of hydrogen-bond acceptors (Lipinski definition) is 10. The molecule has 13 rings (SSSR count). The topological polar surface area (TPSA) is 103 Å². The van der Waals surface area contributed by atoms with Gasteiger partial charge in [0.05, 0.1) is 0 Å². The van der Waals surface area contributed by atoms with Gasteiger partial charge < -0.3 is 0 Å². The molecule has 10 aromatic heterocycles. The molecule has 0 saturated carbocycles. The molecule has 0 saturated heterocycles. The van der Waals surface area contributed by atoms with Gasteiger partial charge in [0.2, 0.25) is 0 Å². The highest BCUT2D eigenvalue weighted by atomic mass is 32.1. The summed E-state index contributed by atoms with van der Waals surface area (Å²) >= 11 is 3.74. The molecule has 0 bridgehead atoms. The van der Waals surface area contributed by atoms with Gasteiger partial charge in [-0.05, 0) is 461 Å². The Bertz CT molecular complexity index is 4300. The number of benzene rings is 3. The van der Waals surface area contributed by atoms with Crippen molar-refractivity contribution in [3.63, 3.8) is 0 Å². The summed E-state index contributed by atoms with van der Waals surface area (Å²) in [5, 5.41) is 0. The fraction of sp³-hybridized carbons (Fsp3) is 0.389. The van der Waals surface area contributed by atoms with E-state index in [2.05, 4.69) is 357 Å². The molecule has 10 heteroatoms. The molecule has 0 radical (unpaired) electrons. The molecule has 0 aliphatic heterocycles.